The quantitative estimate of drug-likeness (QED) is 0.632. The lowest BCUT2D eigenvalue weighted by molar-refractivity contribution is 0.259. The van der Waals surface area contributed by atoms with Crippen LogP contribution in [0.1, 0.15) is 12.8 Å². The van der Waals surface area contributed by atoms with E-state index in [2.05, 4.69) is 40.8 Å². The third-order valence-electron chi connectivity index (χ3n) is 4.11. The first-order valence-electron chi connectivity index (χ1n) is 7.27. The number of nitrogens with zero attached hydrogens (tertiary/aromatic N) is 1. The first-order chi connectivity index (χ1) is 10.7. The van der Waals surface area contributed by atoms with E-state index in [1.807, 2.05) is 13.1 Å². The number of likely N-dealkylation sites (N-methyl/N-ethyl adjacent to an activating group) is 1. The maximum Gasteiger partial charge on any atom is 0.138 e. The summed E-state index contributed by atoms with van der Waals surface area (Å²) in [5.74, 6) is 0.759. The molecule has 116 valence electrons. The monoisotopic (exact) mass is 334 g/mol. The van der Waals surface area contributed by atoms with Gasteiger partial charge in [-0.1, -0.05) is 23.7 Å². The van der Waals surface area contributed by atoms with Gasteiger partial charge in [-0.15, -0.1) is 11.8 Å². The van der Waals surface area contributed by atoms with Crippen LogP contribution in [0.25, 0.3) is 11.1 Å². The van der Waals surface area contributed by atoms with Gasteiger partial charge >= 0.3 is 0 Å². The summed E-state index contributed by atoms with van der Waals surface area (Å²) in [5.41, 5.74) is 2.11. The molecule has 3 nitrogen and oxygen atoms in total. The van der Waals surface area contributed by atoms with Gasteiger partial charge in [0.15, 0.2) is 0 Å². The molecule has 1 saturated carbocycles. The van der Waals surface area contributed by atoms with Crippen molar-refractivity contribution in [3.63, 3.8) is 0 Å². The molecule has 1 aliphatic carbocycles. The van der Waals surface area contributed by atoms with Crippen LogP contribution < -0.4 is 10.1 Å². The number of halogens is 1. The fourth-order valence-electron chi connectivity index (χ4n) is 2.32. The maximum absolute atomic E-state index is 6.25. The molecule has 1 fully saturated rings. The molecule has 1 aromatic carbocycles. The number of pyridine rings is 1. The Bertz CT molecular complexity index is 656. The highest BCUT2D eigenvalue weighted by atomic mass is 35.5. The molecule has 1 heterocycles. The van der Waals surface area contributed by atoms with Gasteiger partial charge in [-0.2, -0.15) is 0 Å². The van der Waals surface area contributed by atoms with E-state index < -0.39 is 0 Å². The highest BCUT2D eigenvalue weighted by Crippen LogP contribution is 2.36. The molecule has 0 spiro atoms. The number of thioether (sulfide) groups is 1. The SMILES string of the molecule is CNC1(COc2cnc(Cl)c(-c3ccc(SC)cc3)c2)CC1. The Kier molecular flexibility index (Phi) is 4.62. The van der Waals surface area contributed by atoms with Crippen LogP contribution >= 0.6 is 23.4 Å². The third-order valence-corrected chi connectivity index (χ3v) is 5.16. The molecule has 22 heavy (non-hydrogen) atoms. The van der Waals surface area contributed by atoms with E-state index in [1.54, 1.807) is 18.0 Å². The topological polar surface area (TPSA) is 34.1 Å². The van der Waals surface area contributed by atoms with Gasteiger partial charge in [-0.05, 0) is 49.9 Å². The molecule has 0 radical (unpaired) electrons. The van der Waals surface area contributed by atoms with Gasteiger partial charge < -0.3 is 10.1 Å². The van der Waals surface area contributed by atoms with Crippen LogP contribution in [0.3, 0.4) is 0 Å². The van der Waals surface area contributed by atoms with E-state index in [0.29, 0.717) is 11.8 Å². The van der Waals surface area contributed by atoms with E-state index in [-0.39, 0.29) is 5.54 Å². The lowest BCUT2D eigenvalue weighted by atomic mass is 10.1. The zero-order valence-corrected chi connectivity index (χ0v) is 14.3. The van der Waals surface area contributed by atoms with Crippen molar-refractivity contribution in [1.82, 2.24) is 10.3 Å². The predicted octanol–water partition coefficient (Wildman–Crippen LogP) is 4.25. The first-order valence-corrected chi connectivity index (χ1v) is 8.88. The summed E-state index contributed by atoms with van der Waals surface area (Å²) in [7, 11) is 1.98. The Hall–Kier alpha value is -1.23. The van der Waals surface area contributed by atoms with Gasteiger partial charge in [0.2, 0.25) is 0 Å². The second kappa shape index (κ2) is 6.49. The molecule has 3 rings (SSSR count). The fourth-order valence-corrected chi connectivity index (χ4v) is 2.94. The number of benzene rings is 1. The highest BCUT2D eigenvalue weighted by Gasteiger charge is 2.41. The van der Waals surface area contributed by atoms with Crippen LogP contribution in [0.5, 0.6) is 5.75 Å². The lowest BCUT2D eigenvalue weighted by Crippen LogP contribution is -2.33. The second-order valence-corrected chi connectivity index (χ2v) is 6.79. The normalized spacial score (nSPS) is 15.6. The average molecular weight is 335 g/mol. The summed E-state index contributed by atoms with van der Waals surface area (Å²) < 4.78 is 5.90. The Morgan fingerprint density at radius 2 is 2.05 bits per heavy atom. The van der Waals surface area contributed by atoms with Crippen LogP contribution in [0, 0.1) is 0 Å². The van der Waals surface area contributed by atoms with E-state index in [1.165, 1.54) is 4.90 Å². The molecule has 0 aliphatic heterocycles. The Balaban J connectivity index is 1.79. The molecule has 0 atom stereocenters. The average Bonchev–Trinajstić information content (AvgIpc) is 3.35. The minimum atomic E-state index is 0.153. The molecule has 5 heteroatoms. The molecule has 0 unspecified atom stereocenters. The number of rotatable bonds is 6. The molecule has 1 N–H and O–H groups in total. The Morgan fingerprint density at radius 1 is 1.32 bits per heavy atom. The third kappa shape index (κ3) is 3.40. The van der Waals surface area contributed by atoms with Crippen molar-refractivity contribution in [1.29, 1.82) is 0 Å². The van der Waals surface area contributed by atoms with E-state index in [0.717, 1.165) is 29.7 Å². The minimum absolute atomic E-state index is 0.153. The zero-order valence-electron chi connectivity index (χ0n) is 12.7. The number of aromatic nitrogens is 1. The smallest absolute Gasteiger partial charge is 0.138 e. The summed E-state index contributed by atoms with van der Waals surface area (Å²) >= 11 is 7.97. The van der Waals surface area contributed by atoms with Gasteiger partial charge in [0.05, 0.1) is 11.7 Å². The van der Waals surface area contributed by atoms with Gasteiger partial charge in [-0.25, -0.2) is 4.98 Å². The molecule has 0 saturated heterocycles. The van der Waals surface area contributed by atoms with Crippen molar-refractivity contribution in [3.8, 4) is 16.9 Å². The largest absolute Gasteiger partial charge is 0.490 e. The van der Waals surface area contributed by atoms with Gasteiger partial charge in [0.1, 0.15) is 17.5 Å². The van der Waals surface area contributed by atoms with Gasteiger partial charge in [0, 0.05) is 10.5 Å². The maximum atomic E-state index is 6.25. The van der Waals surface area contributed by atoms with E-state index >= 15 is 0 Å². The highest BCUT2D eigenvalue weighted by molar-refractivity contribution is 7.98. The van der Waals surface area contributed by atoms with Crippen molar-refractivity contribution >= 4 is 23.4 Å². The molecule has 0 bridgehead atoms. The Morgan fingerprint density at radius 3 is 2.64 bits per heavy atom. The summed E-state index contributed by atoms with van der Waals surface area (Å²) in [6.07, 6.45) is 6.07. The number of hydrogen-bond acceptors (Lipinski definition) is 4. The fraction of sp³-hybridized carbons (Fsp3) is 0.353. The summed E-state index contributed by atoms with van der Waals surface area (Å²) in [6, 6.07) is 10.3. The van der Waals surface area contributed by atoms with Gasteiger partial charge in [-0.3, -0.25) is 0 Å². The first kappa shape index (κ1) is 15.7. The zero-order chi connectivity index (χ0) is 15.6. The van der Waals surface area contributed by atoms with Gasteiger partial charge in [0.25, 0.3) is 0 Å². The van der Waals surface area contributed by atoms with E-state index in [9.17, 15) is 0 Å². The lowest BCUT2D eigenvalue weighted by Gasteiger charge is -2.16. The molecular weight excluding hydrogens is 316 g/mol. The Labute approximate surface area is 140 Å². The van der Waals surface area contributed by atoms with Crippen molar-refractivity contribution in [2.45, 2.75) is 23.3 Å². The molecule has 2 aromatic rings. The number of nitrogens with one attached hydrogen (secondary N) is 1. The predicted molar refractivity (Wildman–Crippen MR) is 93.0 cm³/mol. The number of ether oxygens (including phenoxy) is 1. The molecular formula is C17H19ClN2OS. The number of hydrogen-bond donors (Lipinski definition) is 1. The standard InChI is InChI=1S/C17H19ClN2OS/c1-19-17(7-8-17)11-21-13-9-15(16(18)20-10-13)12-3-5-14(22-2)6-4-12/h3-6,9-10,19H,7-8,11H2,1-2H3. The van der Waals surface area contributed by atoms with Crippen LogP contribution in [-0.2, 0) is 0 Å². The molecule has 0 amide bonds. The van der Waals surface area contributed by atoms with E-state index in [4.69, 9.17) is 16.3 Å². The summed E-state index contributed by atoms with van der Waals surface area (Å²) in [5, 5.41) is 3.82. The summed E-state index contributed by atoms with van der Waals surface area (Å²) in [4.78, 5) is 5.49. The van der Waals surface area contributed by atoms with Crippen molar-refractivity contribution in [2.24, 2.45) is 0 Å². The van der Waals surface area contributed by atoms with Crippen LogP contribution in [0.2, 0.25) is 5.15 Å². The second-order valence-electron chi connectivity index (χ2n) is 5.56. The minimum Gasteiger partial charge on any atom is -0.490 e. The van der Waals surface area contributed by atoms with Crippen molar-refractivity contribution < 1.29 is 4.74 Å². The van der Waals surface area contributed by atoms with Crippen LogP contribution in [0.15, 0.2) is 41.4 Å². The van der Waals surface area contributed by atoms with Crippen LogP contribution in [-0.4, -0.2) is 30.4 Å². The van der Waals surface area contributed by atoms with Crippen molar-refractivity contribution in [3.05, 3.63) is 41.7 Å². The van der Waals surface area contributed by atoms with Crippen molar-refractivity contribution in [2.75, 3.05) is 19.9 Å². The molecule has 1 aliphatic rings. The van der Waals surface area contributed by atoms with Crippen LogP contribution in [0.4, 0.5) is 0 Å². The molecule has 1 aromatic heterocycles. The summed E-state index contributed by atoms with van der Waals surface area (Å²) in [6.45, 7) is 0.664.